The molecule has 6 heteroatoms. The Morgan fingerprint density at radius 2 is 2.10 bits per heavy atom. The molecule has 1 unspecified atom stereocenters. The first-order valence-corrected chi connectivity index (χ1v) is 7.39. The Balaban J connectivity index is 1.70. The van der Waals surface area contributed by atoms with E-state index >= 15 is 0 Å². The van der Waals surface area contributed by atoms with E-state index in [0.717, 1.165) is 12.8 Å². The third-order valence-electron chi connectivity index (χ3n) is 3.02. The largest absolute Gasteiger partial charge is 0.490 e. The highest BCUT2D eigenvalue weighted by Gasteiger charge is 2.16. The van der Waals surface area contributed by atoms with E-state index < -0.39 is 6.10 Å². The SMILES string of the molecule is OC(COc1ccc(F)cc1Br)COC1CCOCC1. The predicted octanol–water partition coefficient (Wildman–Crippen LogP) is 2.52. The summed E-state index contributed by atoms with van der Waals surface area (Å²) in [6, 6.07) is 4.15. The first kappa shape index (κ1) is 15.7. The minimum atomic E-state index is -0.713. The Labute approximate surface area is 126 Å². The van der Waals surface area contributed by atoms with Crippen molar-refractivity contribution in [2.45, 2.75) is 25.0 Å². The number of benzene rings is 1. The molecule has 1 saturated heterocycles. The maximum absolute atomic E-state index is 12.9. The molecule has 20 heavy (non-hydrogen) atoms. The van der Waals surface area contributed by atoms with Crippen LogP contribution < -0.4 is 4.74 Å². The van der Waals surface area contributed by atoms with Gasteiger partial charge in [-0.3, -0.25) is 0 Å². The van der Waals surface area contributed by atoms with Gasteiger partial charge in [0, 0.05) is 13.2 Å². The van der Waals surface area contributed by atoms with E-state index in [9.17, 15) is 9.50 Å². The second-order valence-corrected chi connectivity index (χ2v) is 5.54. The fourth-order valence-electron chi connectivity index (χ4n) is 1.92. The van der Waals surface area contributed by atoms with Crippen LogP contribution in [0, 0.1) is 5.82 Å². The van der Waals surface area contributed by atoms with Gasteiger partial charge in [0.2, 0.25) is 0 Å². The summed E-state index contributed by atoms with van der Waals surface area (Å²) in [5, 5.41) is 9.82. The standard InChI is InChI=1S/C14H18BrFO4/c15-13-7-10(16)1-2-14(13)20-9-11(17)8-19-12-3-5-18-6-4-12/h1-2,7,11-12,17H,3-6,8-9H2. The van der Waals surface area contributed by atoms with E-state index in [1.807, 2.05) is 0 Å². The van der Waals surface area contributed by atoms with Crippen LogP contribution in [-0.4, -0.2) is 43.7 Å². The normalized spacial score (nSPS) is 17.9. The van der Waals surface area contributed by atoms with Crippen LogP contribution in [0.15, 0.2) is 22.7 Å². The zero-order valence-electron chi connectivity index (χ0n) is 11.1. The Morgan fingerprint density at radius 3 is 2.80 bits per heavy atom. The zero-order chi connectivity index (χ0) is 14.4. The molecule has 0 aromatic heterocycles. The van der Waals surface area contributed by atoms with Crippen molar-refractivity contribution in [2.24, 2.45) is 0 Å². The second-order valence-electron chi connectivity index (χ2n) is 4.68. The van der Waals surface area contributed by atoms with Crippen molar-refractivity contribution in [3.8, 4) is 5.75 Å². The van der Waals surface area contributed by atoms with Crippen LogP contribution in [0.1, 0.15) is 12.8 Å². The van der Waals surface area contributed by atoms with Crippen molar-refractivity contribution in [3.63, 3.8) is 0 Å². The molecule has 112 valence electrons. The maximum atomic E-state index is 12.9. The van der Waals surface area contributed by atoms with E-state index in [2.05, 4.69) is 15.9 Å². The van der Waals surface area contributed by atoms with Crippen molar-refractivity contribution in [1.82, 2.24) is 0 Å². The Kier molecular flexibility index (Phi) is 6.22. The Morgan fingerprint density at radius 1 is 1.35 bits per heavy atom. The van der Waals surface area contributed by atoms with E-state index in [4.69, 9.17) is 14.2 Å². The van der Waals surface area contributed by atoms with E-state index in [1.165, 1.54) is 18.2 Å². The first-order chi connectivity index (χ1) is 9.65. The van der Waals surface area contributed by atoms with Gasteiger partial charge in [0.05, 0.1) is 17.2 Å². The molecule has 1 atom stereocenters. The Bertz CT molecular complexity index is 424. The summed E-state index contributed by atoms with van der Waals surface area (Å²) in [5.41, 5.74) is 0. The van der Waals surface area contributed by atoms with Crippen LogP contribution in [0.3, 0.4) is 0 Å². The first-order valence-electron chi connectivity index (χ1n) is 6.60. The zero-order valence-corrected chi connectivity index (χ0v) is 12.6. The third-order valence-corrected chi connectivity index (χ3v) is 3.64. The number of aliphatic hydroxyl groups excluding tert-OH is 1. The summed E-state index contributed by atoms with van der Waals surface area (Å²) < 4.78 is 29.7. The summed E-state index contributed by atoms with van der Waals surface area (Å²) in [7, 11) is 0. The fourth-order valence-corrected chi connectivity index (χ4v) is 2.38. The summed E-state index contributed by atoms with van der Waals surface area (Å²) >= 11 is 3.21. The van der Waals surface area contributed by atoms with E-state index in [1.54, 1.807) is 0 Å². The molecule has 1 aromatic carbocycles. The average Bonchev–Trinajstić information content (AvgIpc) is 2.45. The van der Waals surface area contributed by atoms with Crippen molar-refractivity contribution in [2.75, 3.05) is 26.4 Å². The number of rotatable bonds is 6. The van der Waals surface area contributed by atoms with Crippen LogP contribution >= 0.6 is 15.9 Å². The van der Waals surface area contributed by atoms with Gasteiger partial charge < -0.3 is 19.3 Å². The molecule has 1 aromatic rings. The van der Waals surface area contributed by atoms with Gasteiger partial charge in [0.25, 0.3) is 0 Å². The van der Waals surface area contributed by atoms with Crippen molar-refractivity contribution in [1.29, 1.82) is 0 Å². The third kappa shape index (κ3) is 5.01. The minimum Gasteiger partial charge on any atom is -0.490 e. The average molecular weight is 349 g/mol. The molecule has 0 bridgehead atoms. The van der Waals surface area contributed by atoms with Crippen LogP contribution in [0.25, 0.3) is 0 Å². The van der Waals surface area contributed by atoms with Crippen LogP contribution in [0.5, 0.6) is 5.75 Å². The van der Waals surface area contributed by atoms with Gasteiger partial charge in [-0.1, -0.05) is 0 Å². The van der Waals surface area contributed by atoms with Crippen LogP contribution in [0.4, 0.5) is 4.39 Å². The molecule has 0 spiro atoms. The maximum Gasteiger partial charge on any atom is 0.133 e. The van der Waals surface area contributed by atoms with Crippen molar-refractivity contribution in [3.05, 3.63) is 28.5 Å². The van der Waals surface area contributed by atoms with Gasteiger partial charge in [-0.2, -0.15) is 0 Å². The molecular formula is C14H18BrFO4. The predicted molar refractivity (Wildman–Crippen MR) is 75.4 cm³/mol. The molecule has 4 nitrogen and oxygen atoms in total. The van der Waals surface area contributed by atoms with Gasteiger partial charge in [0.15, 0.2) is 0 Å². The van der Waals surface area contributed by atoms with Crippen molar-refractivity contribution >= 4 is 15.9 Å². The molecule has 1 aliphatic rings. The smallest absolute Gasteiger partial charge is 0.133 e. The fraction of sp³-hybridized carbons (Fsp3) is 0.571. The van der Waals surface area contributed by atoms with Crippen molar-refractivity contribution < 1.29 is 23.7 Å². The highest BCUT2D eigenvalue weighted by molar-refractivity contribution is 9.10. The molecule has 1 fully saturated rings. The van der Waals surface area contributed by atoms with Gasteiger partial charge in [-0.05, 0) is 47.0 Å². The number of hydrogen-bond donors (Lipinski definition) is 1. The number of aliphatic hydroxyl groups is 1. The van der Waals surface area contributed by atoms with Gasteiger partial charge in [-0.25, -0.2) is 4.39 Å². The molecule has 0 amide bonds. The summed E-state index contributed by atoms with van der Waals surface area (Å²) in [6.45, 7) is 1.75. The molecule has 0 radical (unpaired) electrons. The summed E-state index contributed by atoms with van der Waals surface area (Å²) in [6.07, 6.45) is 1.15. The summed E-state index contributed by atoms with van der Waals surface area (Å²) in [4.78, 5) is 0. The van der Waals surface area contributed by atoms with Crippen LogP contribution in [-0.2, 0) is 9.47 Å². The molecular weight excluding hydrogens is 331 g/mol. The minimum absolute atomic E-state index is 0.105. The highest BCUT2D eigenvalue weighted by atomic mass is 79.9. The van der Waals surface area contributed by atoms with E-state index in [-0.39, 0.29) is 25.1 Å². The topological polar surface area (TPSA) is 47.9 Å². The molecule has 1 aliphatic heterocycles. The van der Waals surface area contributed by atoms with E-state index in [0.29, 0.717) is 23.4 Å². The number of ether oxygens (including phenoxy) is 3. The number of halogens is 2. The monoisotopic (exact) mass is 348 g/mol. The van der Waals surface area contributed by atoms with Gasteiger partial charge in [-0.15, -0.1) is 0 Å². The second kappa shape index (κ2) is 7.93. The molecule has 0 saturated carbocycles. The molecule has 1 heterocycles. The Hall–Kier alpha value is -0.690. The number of hydrogen-bond acceptors (Lipinski definition) is 4. The lowest BCUT2D eigenvalue weighted by Crippen LogP contribution is -2.30. The van der Waals surface area contributed by atoms with Gasteiger partial charge >= 0.3 is 0 Å². The molecule has 0 aliphatic carbocycles. The van der Waals surface area contributed by atoms with Crippen LogP contribution in [0.2, 0.25) is 0 Å². The quantitative estimate of drug-likeness (QED) is 0.858. The lowest BCUT2D eigenvalue weighted by Gasteiger charge is -2.23. The highest BCUT2D eigenvalue weighted by Crippen LogP contribution is 2.25. The lowest BCUT2D eigenvalue weighted by atomic mass is 10.1. The molecule has 1 N–H and O–H groups in total. The lowest BCUT2D eigenvalue weighted by molar-refractivity contribution is -0.0659. The van der Waals surface area contributed by atoms with Gasteiger partial charge in [0.1, 0.15) is 24.3 Å². The molecule has 2 rings (SSSR count). The summed E-state index contributed by atoms with van der Waals surface area (Å²) in [5.74, 6) is 0.157.